The summed E-state index contributed by atoms with van der Waals surface area (Å²) in [5.41, 5.74) is -3.03. The quantitative estimate of drug-likeness (QED) is 0.167. The zero-order valence-corrected chi connectivity index (χ0v) is 18.4. The number of halogens is 3. The minimum absolute atomic E-state index is 0.124. The highest BCUT2D eigenvalue weighted by Crippen LogP contribution is 2.36. The summed E-state index contributed by atoms with van der Waals surface area (Å²) >= 11 is 0. The number of alkyl halides is 3. The van der Waals surface area contributed by atoms with E-state index in [4.69, 9.17) is 9.47 Å². The maximum atomic E-state index is 13.2. The first-order valence-electron chi connectivity index (χ1n) is 10.3. The van der Waals surface area contributed by atoms with Crippen LogP contribution in [0.5, 0.6) is 0 Å². The highest BCUT2D eigenvalue weighted by molar-refractivity contribution is 6.08. The molecule has 0 spiro atoms. The van der Waals surface area contributed by atoms with Crippen LogP contribution in [0.2, 0.25) is 0 Å². The van der Waals surface area contributed by atoms with Crippen LogP contribution in [-0.2, 0) is 25.2 Å². The lowest BCUT2D eigenvalue weighted by Crippen LogP contribution is -2.54. The Labute approximate surface area is 193 Å². The van der Waals surface area contributed by atoms with Gasteiger partial charge in [-0.2, -0.15) is 13.2 Å². The van der Waals surface area contributed by atoms with E-state index >= 15 is 0 Å². The molecule has 0 aliphatic rings. The molecule has 0 saturated carbocycles. The minimum Gasteiger partial charge on any atom is -0.464 e. The van der Waals surface area contributed by atoms with Crippen LogP contribution in [-0.4, -0.2) is 48.4 Å². The molecule has 0 bridgehead atoms. The molecule has 0 aliphatic carbocycles. The molecule has 0 fully saturated rings. The number of hydrogen-bond donors (Lipinski definition) is 0. The van der Waals surface area contributed by atoms with Crippen LogP contribution >= 0.6 is 0 Å². The van der Waals surface area contributed by atoms with Crippen molar-refractivity contribution in [2.24, 2.45) is 4.99 Å². The van der Waals surface area contributed by atoms with E-state index in [1.807, 2.05) is 0 Å². The van der Waals surface area contributed by atoms with E-state index in [2.05, 4.69) is 4.99 Å². The fraction of sp³-hybridized carbons (Fsp3) is 0.348. The number of nitrogens with zero attached hydrogens (tertiary/aromatic N) is 2. The Hall–Kier alpha value is -3.76. The molecule has 2 rings (SSSR count). The predicted octanol–water partition coefficient (Wildman–Crippen LogP) is 4.05. The van der Waals surface area contributed by atoms with E-state index in [1.165, 1.54) is 26.0 Å². The molecular weight excluding hydrogens is 457 g/mol. The molecule has 0 saturated heterocycles. The summed E-state index contributed by atoms with van der Waals surface area (Å²) in [6.07, 6.45) is -3.55. The van der Waals surface area contributed by atoms with Crippen molar-refractivity contribution in [2.45, 2.75) is 31.5 Å². The van der Waals surface area contributed by atoms with Gasteiger partial charge in [-0.3, -0.25) is 15.1 Å². The monoisotopic (exact) mass is 480 g/mol. The van der Waals surface area contributed by atoms with Gasteiger partial charge in [0.25, 0.3) is 5.54 Å². The maximum Gasteiger partial charge on any atom is 0.416 e. The number of rotatable bonds is 10. The van der Waals surface area contributed by atoms with Gasteiger partial charge in [0.15, 0.2) is 0 Å². The van der Waals surface area contributed by atoms with Crippen LogP contribution in [0.15, 0.2) is 59.6 Å². The first-order valence-corrected chi connectivity index (χ1v) is 10.3. The van der Waals surface area contributed by atoms with E-state index in [-0.39, 0.29) is 24.3 Å². The minimum atomic E-state index is -4.56. The van der Waals surface area contributed by atoms with Gasteiger partial charge in [0, 0.05) is 11.1 Å². The molecular formula is C23H23F3N2O6. The average molecular weight is 480 g/mol. The molecule has 0 aliphatic heterocycles. The lowest BCUT2D eigenvalue weighted by Gasteiger charge is -2.31. The number of carbonyl (C=O) groups excluding carboxylic acids is 2. The van der Waals surface area contributed by atoms with Crippen LogP contribution in [0.25, 0.3) is 0 Å². The van der Waals surface area contributed by atoms with Gasteiger partial charge in [0.2, 0.25) is 6.54 Å². The van der Waals surface area contributed by atoms with Crippen molar-refractivity contribution in [1.82, 2.24) is 0 Å². The summed E-state index contributed by atoms with van der Waals surface area (Å²) < 4.78 is 48.8. The van der Waals surface area contributed by atoms with Gasteiger partial charge in [-0.25, -0.2) is 9.59 Å². The molecule has 0 N–H and O–H groups in total. The highest BCUT2D eigenvalue weighted by Gasteiger charge is 2.57. The molecule has 8 nitrogen and oxygen atoms in total. The SMILES string of the molecule is CCOC(=O)C(N=Cc1ccc(C(F)(F)F)cc1)(C(=O)OCC)[C@@H](C[N+](=O)[O-])c1ccccc1. The molecule has 0 aromatic heterocycles. The number of nitro groups is 1. The van der Waals surface area contributed by atoms with Crippen molar-refractivity contribution in [3.05, 3.63) is 81.4 Å². The predicted molar refractivity (Wildman–Crippen MR) is 116 cm³/mol. The fourth-order valence-corrected chi connectivity index (χ4v) is 3.29. The Bertz CT molecular complexity index is 1010. The Morgan fingerprint density at radius 2 is 1.53 bits per heavy atom. The summed E-state index contributed by atoms with van der Waals surface area (Å²) in [7, 11) is 0. The van der Waals surface area contributed by atoms with E-state index in [0.717, 1.165) is 30.5 Å². The number of hydrogen-bond acceptors (Lipinski definition) is 7. The summed E-state index contributed by atoms with van der Waals surface area (Å²) in [5.74, 6) is -3.77. The van der Waals surface area contributed by atoms with E-state index < -0.39 is 46.6 Å². The number of esters is 2. The zero-order valence-electron chi connectivity index (χ0n) is 18.4. The number of ether oxygens (including phenoxy) is 2. The van der Waals surface area contributed by atoms with Crippen molar-refractivity contribution in [3.8, 4) is 0 Å². The standard InChI is InChI=1S/C23H23F3N2O6/c1-3-33-20(29)22(21(30)34-4-2,19(15-28(31)32)17-8-6-5-7-9-17)27-14-16-10-12-18(13-11-16)23(24,25)26/h5-14,19H,3-4,15H2,1-2H3/t19-/m0/s1. The third kappa shape index (κ3) is 6.18. The van der Waals surface area contributed by atoms with Gasteiger partial charge in [-0.1, -0.05) is 42.5 Å². The molecule has 2 aromatic rings. The molecule has 34 heavy (non-hydrogen) atoms. The van der Waals surface area contributed by atoms with Crippen molar-refractivity contribution >= 4 is 18.2 Å². The van der Waals surface area contributed by atoms with Crippen LogP contribution in [0.3, 0.4) is 0 Å². The highest BCUT2D eigenvalue weighted by atomic mass is 19.4. The number of aliphatic imine (C=N–C) groups is 1. The lowest BCUT2D eigenvalue weighted by atomic mass is 9.79. The second-order valence-electron chi connectivity index (χ2n) is 7.06. The van der Waals surface area contributed by atoms with E-state index in [9.17, 15) is 32.9 Å². The van der Waals surface area contributed by atoms with Gasteiger partial charge in [0.1, 0.15) is 0 Å². The molecule has 0 unspecified atom stereocenters. The van der Waals surface area contributed by atoms with Gasteiger partial charge in [-0.15, -0.1) is 0 Å². The van der Waals surface area contributed by atoms with Crippen molar-refractivity contribution in [2.75, 3.05) is 19.8 Å². The summed E-state index contributed by atoms with van der Waals surface area (Å²) in [6.45, 7) is 1.79. The first kappa shape index (κ1) is 26.5. The Kier molecular flexibility index (Phi) is 8.88. The second kappa shape index (κ2) is 11.4. The third-order valence-corrected chi connectivity index (χ3v) is 4.87. The zero-order chi connectivity index (χ0) is 25.4. The van der Waals surface area contributed by atoms with Crippen LogP contribution in [0.4, 0.5) is 13.2 Å². The topological polar surface area (TPSA) is 108 Å². The Balaban J connectivity index is 2.71. The van der Waals surface area contributed by atoms with Crippen molar-refractivity contribution in [3.63, 3.8) is 0 Å². The van der Waals surface area contributed by atoms with Gasteiger partial charge in [0.05, 0.1) is 24.7 Å². The third-order valence-electron chi connectivity index (χ3n) is 4.87. The average Bonchev–Trinajstić information content (AvgIpc) is 2.79. The number of benzene rings is 2. The second-order valence-corrected chi connectivity index (χ2v) is 7.06. The van der Waals surface area contributed by atoms with Crippen molar-refractivity contribution < 1.29 is 37.2 Å². The summed E-state index contributed by atoms with van der Waals surface area (Å²) in [6, 6.07) is 11.6. The molecule has 1 atom stereocenters. The normalized spacial score (nSPS) is 12.9. The van der Waals surface area contributed by atoms with Gasteiger partial charge < -0.3 is 9.47 Å². The smallest absolute Gasteiger partial charge is 0.416 e. The maximum absolute atomic E-state index is 13.2. The molecule has 0 radical (unpaired) electrons. The largest absolute Gasteiger partial charge is 0.464 e. The molecule has 0 heterocycles. The Morgan fingerprint density at radius 3 is 1.97 bits per heavy atom. The molecule has 2 aromatic carbocycles. The molecule has 11 heteroatoms. The van der Waals surface area contributed by atoms with E-state index in [1.54, 1.807) is 18.2 Å². The number of carbonyl (C=O) groups is 2. The molecule has 182 valence electrons. The van der Waals surface area contributed by atoms with Crippen LogP contribution in [0, 0.1) is 10.1 Å². The van der Waals surface area contributed by atoms with E-state index in [0.29, 0.717) is 0 Å². The summed E-state index contributed by atoms with van der Waals surface area (Å²) in [5, 5.41) is 11.5. The van der Waals surface area contributed by atoms with Gasteiger partial charge >= 0.3 is 18.1 Å². The Morgan fingerprint density at radius 1 is 1.00 bits per heavy atom. The lowest BCUT2D eigenvalue weighted by molar-refractivity contribution is -0.484. The fourth-order valence-electron chi connectivity index (χ4n) is 3.29. The van der Waals surface area contributed by atoms with Gasteiger partial charge in [-0.05, 0) is 37.1 Å². The molecule has 0 amide bonds. The van der Waals surface area contributed by atoms with Crippen molar-refractivity contribution in [1.29, 1.82) is 0 Å². The van der Waals surface area contributed by atoms with Crippen LogP contribution in [0.1, 0.15) is 36.5 Å². The first-order chi connectivity index (χ1) is 16.1. The summed E-state index contributed by atoms with van der Waals surface area (Å²) in [4.78, 5) is 41.3. The van der Waals surface area contributed by atoms with Crippen LogP contribution < -0.4 is 0 Å².